The van der Waals surface area contributed by atoms with Crippen molar-refractivity contribution in [1.29, 1.82) is 0 Å². The summed E-state index contributed by atoms with van der Waals surface area (Å²) < 4.78 is 18.8. The van der Waals surface area contributed by atoms with Gasteiger partial charge >= 0.3 is 0 Å². The normalized spacial score (nSPS) is 14.2. The molecule has 0 atom stereocenters. The molecule has 2 aromatic carbocycles. The van der Waals surface area contributed by atoms with E-state index in [1.807, 2.05) is 36.4 Å². The molecule has 1 fully saturated rings. The van der Waals surface area contributed by atoms with Crippen LogP contribution in [-0.4, -0.2) is 36.3 Å². The van der Waals surface area contributed by atoms with E-state index in [1.165, 1.54) is 12.1 Å². The molecule has 0 spiro atoms. The molecule has 1 saturated heterocycles. The van der Waals surface area contributed by atoms with E-state index in [-0.39, 0.29) is 5.02 Å². The Bertz CT molecular complexity index is 933. The summed E-state index contributed by atoms with van der Waals surface area (Å²) >= 11 is 5.89. The zero-order valence-corrected chi connectivity index (χ0v) is 15.3. The van der Waals surface area contributed by atoms with E-state index in [4.69, 9.17) is 21.3 Å². The Kier molecular flexibility index (Phi) is 5.18. The molecule has 5 nitrogen and oxygen atoms in total. The van der Waals surface area contributed by atoms with Crippen molar-refractivity contribution >= 4 is 29.1 Å². The van der Waals surface area contributed by atoms with Crippen LogP contribution in [0.5, 0.6) is 0 Å². The van der Waals surface area contributed by atoms with Crippen molar-refractivity contribution < 1.29 is 9.13 Å². The van der Waals surface area contributed by atoms with Crippen LogP contribution in [0, 0.1) is 5.82 Å². The fraction of sp³-hybridized carbons (Fsp3) is 0.200. The number of ether oxygens (including phenoxy) is 1. The molecule has 0 unspecified atom stereocenters. The Morgan fingerprint density at radius 1 is 1.00 bits per heavy atom. The van der Waals surface area contributed by atoms with Gasteiger partial charge in [-0.25, -0.2) is 9.37 Å². The van der Waals surface area contributed by atoms with Crippen molar-refractivity contribution in [3.8, 4) is 11.3 Å². The maximum Gasteiger partial charge on any atom is 0.228 e. The lowest BCUT2D eigenvalue weighted by atomic mass is 10.1. The molecule has 1 aliphatic rings. The zero-order valence-electron chi connectivity index (χ0n) is 14.5. The molecule has 1 aliphatic heterocycles. The molecular formula is C20H18ClFN4O. The second-order valence-corrected chi connectivity index (χ2v) is 6.56. The summed E-state index contributed by atoms with van der Waals surface area (Å²) in [5, 5.41) is 3.26. The summed E-state index contributed by atoms with van der Waals surface area (Å²) in [7, 11) is 0. The lowest BCUT2D eigenvalue weighted by Crippen LogP contribution is -2.37. The molecule has 0 saturated carbocycles. The van der Waals surface area contributed by atoms with Crippen LogP contribution in [-0.2, 0) is 4.74 Å². The number of rotatable bonds is 4. The number of nitrogens with one attached hydrogen (secondary N) is 1. The number of benzene rings is 2. The maximum absolute atomic E-state index is 13.4. The number of aromatic nitrogens is 2. The third kappa shape index (κ3) is 4.18. The second-order valence-electron chi connectivity index (χ2n) is 6.16. The average molecular weight is 385 g/mol. The van der Waals surface area contributed by atoms with Crippen LogP contribution in [0.2, 0.25) is 5.02 Å². The van der Waals surface area contributed by atoms with Crippen molar-refractivity contribution in [2.45, 2.75) is 0 Å². The Hall–Kier alpha value is -2.70. The molecule has 138 valence electrons. The number of nitrogens with zero attached hydrogens (tertiary/aromatic N) is 3. The van der Waals surface area contributed by atoms with E-state index in [9.17, 15) is 4.39 Å². The number of hydrogen-bond donors (Lipinski definition) is 1. The topological polar surface area (TPSA) is 50.3 Å². The molecular weight excluding hydrogens is 367 g/mol. The van der Waals surface area contributed by atoms with Crippen LogP contribution in [0.1, 0.15) is 0 Å². The molecule has 0 amide bonds. The predicted octanol–water partition coefficient (Wildman–Crippen LogP) is 4.52. The highest BCUT2D eigenvalue weighted by molar-refractivity contribution is 6.31. The minimum absolute atomic E-state index is 0.0609. The molecule has 0 aliphatic carbocycles. The summed E-state index contributed by atoms with van der Waals surface area (Å²) in [6, 6.07) is 16.3. The fourth-order valence-corrected chi connectivity index (χ4v) is 3.06. The van der Waals surface area contributed by atoms with Crippen LogP contribution in [0.3, 0.4) is 0 Å². The third-order valence-corrected chi connectivity index (χ3v) is 4.56. The molecule has 1 N–H and O–H groups in total. The molecule has 0 radical (unpaired) electrons. The lowest BCUT2D eigenvalue weighted by Gasteiger charge is -2.27. The molecule has 27 heavy (non-hydrogen) atoms. The Morgan fingerprint density at radius 2 is 1.78 bits per heavy atom. The molecule has 7 heteroatoms. The van der Waals surface area contributed by atoms with Gasteiger partial charge in [0.2, 0.25) is 5.95 Å². The van der Waals surface area contributed by atoms with Crippen molar-refractivity contribution in [3.05, 3.63) is 65.4 Å². The summed E-state index contributed by atoms with van der Waals surface area (Å²) in [5.74, 6) is 0.798. The van der Waals surface area contributed by atoms with E-state index < -0.39 is 5.82 Å². The van der Waals surface area contributed by atoms with Gasteiger partial charge in [-0.1, -0.05) is 41.9 Å². The summed E-state index contributed by atoms with van der Waals surface area (Å²) in [6.07, 6.45) is 0. The van der Waals surface area contributed by atoms with Crippen molar-refractivity contribution in [3.63, 3.8) is 0 Å². The van der Waals surface area contributed by atoms with Gasteiger partial charge < -0.3 is 15.0 Å². The smallest absolute Gasteiger partial charge is 0.228 e. The highest BCUT2D eigenvalue weighted by Crippen LogP contribution is 2.27. The van der Waals surface area contributed by atoms with Gasteiger partial charge in [0, 0.05) is 30.4 Å². The lowest BCUT2D eigenvalue weighted by molar-refractivity contribution is 0.122. The molecule has 2 heterocycles. The van der Waals surface area contributed by atoms with Crippen LogP contribution in [0.25, 0.3) is 11.3 Å². The zero-order chi connectivity index (χ0) is 18.6. The quantitative estimate of drug-likeness (QED) is 0.716. The van der Waals surface area contributed by atoms with Gasteiger partial charge in [0.1, 0.15) is 11.6 Å². The van der Waals surface area contributed by atoms with E-state index in [2.05, 4.69) is 15.2 Å². The van der Waals surface area contributed by atoms with E-state index >= 15 is 0 Å². The highest BCUT2D eigenvalue weighted by Gasteiger charge is 2.16. The van der Waals surface area contributed by atoms with Crippen molar-refractivity contribution in [2.75, 3.05) is 36.5 Å². The molecule has 1 aromatic heterocycles. The van der Waals surface area contributed by atoms with Gasteiger partial charge in [0.25, 0.3) is 0 Å². The van der Waals surface area contributed by atoms with Crippen LogP contribution in [0.4, 0.5) is 21.8 Å². The first-order chi connectivity index (χ1) is 13.2. The van der Waals surface area contributed by atoms with Gasteiger partial charge in [0.05, 0.1) is 23.9 Å². The maximum atomic E-state index is 13.4. The number of anilines is 3. The van der Waals surface area contributed by atoms with Gasteiger partial charge in [-0.15, -0.1) is 0 Å². The van der Waals surface area contributed by atoms with E-state index in [0.29, 0.717) is 30.7 Å². The van der Waals surface area contributed by atoms with Crippen LogP contribution >= 0.6 is 11.6 Å². The largest absolute Gasteiger partial charge is 0.378 e. The fourth-order valence-electron chi connectivity index (χ4n) is 2.88. The monoisotopic (exact) mass is 384 g/mol. The Morgan fingerprint density at radius 3 is 2.52 bits per heavy atom. The van der Waals surface area contributed by atoms with Crippen molar-refractivity contribution in [2.24, 2.45) is 0 Å². The number of halogens is 2. The first kappa shape index (κ1) is 17.7. The molecule has 3 aromatic rings. The minimum atomic E-state index is -0.455. The number of hydrogen-bond acceptors (Lipinski definition) is 5. The van der Waals surface area contributed by atoms with Gasteiger partial charge in [-0.05, 0) is 18.2 Å². The first-order valence-corrected chi connectivity index (χ1v) is 9.06. The summed E-state index contributed by atoms with van der Waals surface area (Å²) in [5.41, 5.74) is 2.46. The van der Waals surface area contributed by atoms with E-state index in [1.54, 1.807) is 6.07 Å². The SMILES string of the molecule is Fc1ccc(Nc2cc(-c3ccccc3)nc(N3CCOCC3)n2)cc1Cl. The van der Waals surface area contributed by atoms with E-state index in [0.717, 1.165) is 24.3 Å². The van der Waals surface area contributed by atoms with Gasteiger partial charge in [-0.3, -0.25) is 0 Å². The molecule has 0 bridgehead atoms. The summed E-state index contributed by atoms with van der Waals surface area (Å²) in [4.78, 5) is 11.5. The average Bonchev–Trinajstić information content (AvgIpc) is 2.72. The first-order valence-electron chi connectivity index (χ1n) is 8.68. The van der Waals surface area contributed by atoms with Crippen LogP contribution in [0.15, 0.2) is 54.6 Å². The highest BCUT2D eigenvalue weighted by atomic mass is 35.5. The second kappa shape index (κ2) is 7.90. The van der Waals surface area contributed by atoms with Crippen LogP contribution < -0.4 is 10.2 Å². The number of morpholine rings is 1. The minimum Gasteiger partial charge on any atom is -0.378 e. The summed E-state index contributed by atoms with van der Waals surface area (Å²) in [6.45, 7) is 2.77. The Labute approximate surface area is 161 Å². The third-order valence-electron chi connectivity index (χ3n) is 4.27. The predicted molar refractivity (Wildman–Crippen MR) is 105 cm³/mol. The van der Waals surface area contributed by atoms with Crippen molar-refractivity contribution in [1.82, 2.24) is 9.97 Å². The Balaban J connectivity index is 1.71. The molecule has 4 rings (SSSR count). The van der Waals surface area contributed by atoms with Gasteiger partial charge in [-0.2, -0.15) is 4.98 Å². The standard InChI is InChI=1S/C20H18ClFN4O/c21-16-12-15(6-7-17(16)22)23-19-13-18(14-4-2-1-3-5-14)24-20(25-19)26-8-10-27-11-9-26/h1-7,12-13H,8-11H2,(H,23,24,25). The van der Waals surface area contributed by atoms with Gasteiger partial charge in [0.15, 0.2) is 0 Å².